The van der Waals surface area contributed by atoms with Gasteiger partial charge < -0.3 is 0 Å². The van der Waals surface area contributed by atoms with Crippen molar-refractivity contribution in [1.29, 1.82) is 0 Å². The minimum Gasteiger partial charge on any atom is -0.217 e. The van der Waals surface area contributed by atoms with Crippen LogP contribution in [0.2, 0.25) is 0 Å². The van der Waals surface area contributed by atoms with Crippen molar-refractivity contribution in [2.75, 3.05) is 11.6 Å². The largest absolute Gasteiger partial charge is 0.217 e. The molecular formula is C8H13ClN4S. The number of tetrazole rings is 1. The molecule has 1 heterocycles. The minimum atomic E-state index is 0.570. The average Bonchev–Trinajstić information content (AvgIpc) is 2.94. The van der Waals surface area contributed by atoms with Crippen molar-refractivity contribution in [2.45, 2.75) is 36.9 Å². The molecule has 6 heteroatoms. The molecule has 0 unspecified atom stereocenters. The number of hydrogen-bond donors (Lipinski definition) is 0. The zero-order chi connectivity index (χ0) is 9.80. The normalized spacial score (nSPS) is 16.1. The maximum absolute atomic E-state index is 5.60. The van der Waals surface area contributed by atoms with Crippen LogP contribution in [0.25, 0.3) is 0 Å². The van der Waals surface area contributed by atoms with Crippen LogP contribution in [-0.2, 0) is 0 Å². The Morgan fingerprint density at radius 1 is 1.43 bits per heavy atom. The number of alkyl halides is 1. The van der Waals surface area contributed by atoms with Crippen LogP contribution in [0.3, 0.4) is 0 Å². The molecule has 2 rings (SSSR count). The summed E-state index contributed by atoms with van der Waals surface area (Å²) in [4.78, 5) is 0. The summed E-state index contributed by atoms with van der Waals surface area (Å²) in [7, 11) is 0. The van der Waals surface area contributed by atoms with E-state index in [2.05, 4.69) is 15.5 Å². The van der Waals surface area contributed by atoms with E-state index in [1.807, 2.05) is 4.68 Å². The lowest BCUT2D eigenvalue weighted by Gasteiger charge is -2.00. The third-order valence-corrected chi connectivity index (χ3v) is 3.40. The summed E-state index contributed by atoms with van der Waals surface area (Å²) >= 11 is 7.33. The zero-order valence-corrected chi connectivity index (χ0v) is 9.47. The van der Waals surface area contributed by atoms with E-state index in [0.717, 1.165) is 29.6 Å². The van der Waals surface area contributed by atoms with Gasteiger partial charge in [-0.05, 0) is 36.1 Å². The van der Waals surface area contributed by atoms with Crippen molar-refractivity contribution in [1.82, 2.24) is 20.2 Å². The van der Waals surface area contributed by atoms with E-state index in [1.165, 1.54) is 12.8 Å². The third-order valence-electron chi connectivity index (χ3n) is 2.11. The second kappa shape index (κ2) is 4.98. The molecule has 0 atom stereocenters. The van der Waals surface area contributed by atoms with Crippen molar-refractivity contribution >= 4 is 23.4 Å². The van der Waals surface area contributed by atoms with E-state index in [4.69, 9.17) is 11.6 Å². The summed E-state index contributed by atoms with van der Waals surface area (Å²) in [6.45, 7) is 0. The second-order valence-electron chi connectivity index (χ2n) is 3.38. The number of nitrogens with zero attached hydrogens (tertiary/aromatic N) is 4. The summed E-state index contributed by atoms with van der Waals surface area (Å²) in [6.07, 6.45) is 4.64. The average molecular weight is 233 g/mol. The van der Waals surface area contributed by atoms with Crippen LogP contribution in [0.15, 0.2) is 5.16 Å². The van der Waals surface area contributed by atoms with Crippen LogP contribution < -0.4 is 0 Å². The summed E-state index contributed by atoms with van der Waals surface area (Å²) in [5.74, 6) is 1.80. The first-order valence-electron chi connectivity index (χ1n) is 4.88. The highest BCUT2D eigenvalue weighted by molar-refractivity contribution is 7.99. The van der Waals surface area contributed by atoms with E-state index in [1.54, 1.807) is 11.8 Å². The van der Waals surface area contributed by atoms with Crippen LogP contribution in [0.4, 0.5) is 0 Å². The Balaban J connectivity index is 1.80. The molecule has 0 aromatic carbocycles. The maximum Gasteiger partial charge on any atom is 0.209 e. The fourth-order valence-corrected chi connectivity index (χ4v) is 2.32. The van der Waals surface area contributed by atoms with Gasteiger partial charge in [-0.1, -0.05) is 11.8 Å². The topological polar surface area (TPSA) is 43.6 Å². The molecule has 0 spiro atoms. The molecule has 1 aromatic heterocycles. The molecule has 4 nitrogen and oxygen atoms in total. The van der Waals surface area contributed by atoms with Crippen LogP contribution in [0, 0.1) is 0 Å². The van der Waals surface area contributed by atoms with Gasteiger partial charge in [0.15, 0.2) is 0 Å². The highest BCUT2D eigenvalue weighted by Crippen LogP contribution is 2.36. The molecule has 1 aliphatic rings. The molecule has 0 N–H and O–H groups in total. The van der Waals surface area contributed by atoms with Crippen molar-refractivity contribution in [3.8, 4) is 0 Å². The second-order valence-corrected chi connectivity index (χ2v) is 4.82. The number of thioether (sulfide) groups is 1. The molecule has 0 aliphatic heterocycles. The zero-order valence-electron chi connectivity index (χ0n) is 7.90. The van der Waals surface area contributed by atoms with Crippen LogP contribution in [0.1, 0.15) is 31.7 Å². The van der Waals surface area contributed by atoms with E-state index in [0.29, 0.717) is 6.04 Å². The van der Waals surface area contributed by atoms with E-state index in [9.17, 15) is 0 Å². The Morgan fingerprint density at radius 3 is 3.00 bits per heavy atom. The minimum absolute atomic E-state index is 0.570. The predicted octanol–water partition coefficient (Wildman–Crippen LogP) is 2.12. The van der Waals surface area contributed by atoms with Crippen molar-refractivity contribution in [3.05, 3.63) is 0 Å². The Bertz CT molecular complexity index is 287. The quantitative estimate of drug-likeness (QED) is 0.428. The Labute approximate surface area is 92.4 Å². The Kier molecular flexibility index (Phi) is 3.64. The fourth-order valence-electron chi connectivity index (χ4n) is 1.19. The molecule has 0 bridgehead atoms. The van der Waals surface area contributed by atoms with Gasteiger partial charge in [0.05, 0.1) is 6.04 Å². The number of hydrogen-bond acceptors (Lipinski definition) is 4. The van der Waals surface area contributed by atoms with Gasteiger partial charge in [-0.25, -0.2) is 4.68 Å². The monoisotopic (exact) mass is 232 g/mol. The summed E-state index contributed by atoms with van der Waals surface area (Å²) in [5, 5.41) is 12.7. The van der Waals surface area contributed by atoms with E-state index in [-0.39, 0.29) is 0 Å². The molecule has 1 fully saturated rings. The maximum atomic E-state index is 5.60. The molecule has 78 valence electrons. The molecule has 0 saturated heterocycles. The van der Waals surface area contributed by atoms with Gasteiger partial charge in [0.25, 0.3) is 0 Å². The number of rotatable bonds is 6. The molecule has 0 amide bonds. The first-order chi connectivity index (χ1) is 6.92. The van der Waals surface area contributed by atoms with Gasteiger partial charge >= 0.3 is 0 Å². The van der Waals surface area contributed by atoms with Crippen LogP contribution in [0.5, 0.6) is 0 Å². The van der Waals surface area contributed by atoms with Gasteiger partial charge in [0.1, 0.15) is 0 Å². The SMILES string of the molecule is ClCCCCSc1nnnn1C1CC1. The van der Waals surface area contributed by atoms with Crippen LogP contribution >= 0.6 is 23.4 Å². The lowest BCUT2D eigenvalue weighted by atomic mass is 10.4. The summed E-state index contributed by atoms with van der Waals surface area (Å²) in [6, 6.07) is 0.570. The lowest BCUT2D eigenvalue weighted by molar-refractivity contribution is 0.565. The third kappa shape index (κ3) is 2.60. The molecule has 1 aliphatic carbocycles. The first kappa shape index (κ1) is 10.2. The molecule has 14 heavy (non-hydrogen) atoms. The predicted molar refractivity (Wildman–Crippen MR) is 56.8 cm³/mol. The highest BCUT2D eigenvalue weighted by atomic mass is 35.5. The van der Waals surface area contributed by atoms with E-state index >= 15 is 0 Å². The molecular weight excluding hydrogens is 220 g/mol. The highest BCUT2D eigenvalue weighted by Gasteiger charge is 2.27. The van der Waals surface area contributed by atoms with Crippen molar-refractivity contribution < 1.29 is 0 Å². The van der Waals surface area contributed by atoms with Crippen molar-refractivity contribution in [3.63, 3.8) is 0 Å². The smallest absolute Gasteiger partial charge is 0.209 e. The van der Waals surface area contributed by atoms with Gasteiger partial charge in [-0.15, -0.1) is 16.7 Å². The van der Waals surface area contributed by atoms with Gasteiger partial charge in [0, 0.05) is 11.6 Å². The number of aromatic nitrogens is 4. The lowest BCUT2D eigenvalue weighted by Crippen LogP contribution is -1.99. The Hall–Kier alpha value is -0.290. The van der Waals surface area contributed by atoms with Crippen molar-refractivity contribution in [2.24, 2.45) is 0 Å². The van der Waals surface area contributed by atoms with Crippen LogP contribution in [-0.4, -0.2) is 31.8 Å². The van der Waals surface area contributed by atoms with Gasteiger partial charge in [-0.3, -0.25) is 0 Å². The van der Waals surface area contributed by atoms with Gasteiger partial charge in [-0.2, -0.15) is 0 Å². The fraction of sp³-hybridized carbons (Fsp3) is 0.875. The molecule has 0 radical (unpaired) electrons. The number of unbranched alkanes of at least 4 members (excludes halogenated alkanes) is 1. The Morgan fingerprint density at radius 2 is 2.29 bits per heavy atom. The summed E-state index contributed by atoms with van der Waals surface area (Å²) in [5.41, 5.74) is 0. The molecule has 1 aromatic rings. The van der Waals surface area contributed by atoms with Gasteiger partial charge in [0.2, 0.25) is 5.16 Å². The summed E-state index contributed by atoms with van der Waals surface area (Å²) < 4.78 is 1.95. The molecule has 1 saturated carbocycles. The first-order valence-corrected chi connectivity index (χ1v) is 6.40. The number of halogens is 1. The standard InChI is InChI=1S/C8H13ClN4S/c9-5-1-2-6-14-8-10-11-12-13(8)7-3-4-7/h7H,1-6H2. The van der Waals surface area contributed by atoms with E-state index < -0.39 is 0 Å².